The summed E-state index contributed by atoms with van der Waals surface area (Å²) in [4.78, 5) is 52.2. The molecule has 1 heterocycles. The van der Waals surface area contributed by atoms with Gasteiger partial charge in [0.25, 0.3) is 5.91 Å². The highest BCUT2D eigenvalue weighted by Gasteiger charge is 2.60. The number of fused-ring (bicyclic) bond motifs is 5. The van der Waals surface area contributed by atoms with Crippen LogP contribution in [-0.2, 0) is 25.5 Å². The van der Waals surface area contributed by atoms with Crippen molar-refractivity contribution >= 4 is 35.1 Å². The molecule has 0 spiro atoms. The van der Waals surface area contributed by atoms with Crippen LogP contribution in [0.25, 0.3) is 0 Å². The number of anilines is 2. The minimum absolute atomic E-state index is 0.112. The third-order valence-corrected chi connectivity index (χ3v) is 7.20. The molecule has 5 rings (SSSR count). The Kier molecular flexibility index (Phi) is 5.55. The van der Waals surface area contributed by atoms with Crippen LogP contribution in [0, 0.1) is 23.7 Å². The molecule has 4 atom stereocenters. The minimum atomic E-state index is -0.699. The summed E-state index contributed by atoms with van der Waals surface area (Å²) in [7, 11) is 0. The molecule has 3 aliphatic rings. The molecule has 1 saturated carbocycles. The lowest BCUT2D eigenvalue weighted by Crippen LogP contribution is -2.33. The van der Waals surface area contributed by atoms with E-state index in [1.807, 2.05) is 26.0 Å². The molecule has 34 heavy (non-hydrogen) atoms. The van der Waals surface area contributed by atoms with Gasteiger partial charge in [0, 0.05) is 5.69 Å². The van der Waals surface area contributed by atoms with Gasteiger partial charge in [-0.2, -0.15) is 0 Å². The third-order valence-electron chi connectivity index (χ3n) is 7.20. The van der Waals surface area contributed by atoms with Crippen molar-refractivity contribution in [1.82, 2.24) is 0 Å². The first-order valence-electron chi connectivity index (χ1n) is 11.6. The molecule has 174 valence electrons. The summed E-state index contributed by atoms with van der Waals surface area (Å²) in [5.74, 6) is -1.94. The van der Waals surface area contributed by atoms with E-state index >= 15 is 0 Å². The van der Waals surface area contributed by atoms with Gasteiger partial charge in [0.05, 0.1) is 23.1 Å². The van der Waals surface area contributed by atoms with Crippen LogP contribution in [-0.4, -0.2) is 30.3 Å². The molecule has 7 nitrogen and oxygen atoms in total. The zero-order valence-corrected chi connectivity index (χ0v) is 19.1. The molecule has 0 unspecified atom stereocenters. The average molecular weight is 459 g/mol. The number of allylic oxidation sites excluding steroid dienone is 2. The van der Waals surface area contributed by atoms with Crippen molar-refractivity contribution < 1.29 is 23.9 Å². The second-order valence-electron chi connectivity index (χ2n) is 9.21. The van der Waals surface area contributed by atoms with Gasteiger partial charge >= 0.3 is 5.97 Å². The number of ether oxygens (including phenoxy) is 1. The fraction of sp³-hybridized carbons (Fsp3) is 0.333. The fourth-order valence-corrected chi connectivity index (χ4v) is 5.54. The summed E-state index contributed by atoms with van der Waals surface area (Å²) >= 11 is 0. The lowest BCUT2D eigenvalue weighted by molar-refractivity contribution is -0.123. The van der Waals surface area contributed by atoms with Gasteiger partial charge in [0.15, 0.2) is 6.61 Å². The molecule has 2 aromatic carbocycles. The number of hydrogen-bond donors (Lipinski definition) is 1. The van der Waals surface area contributed by atoms with Gasteiger partial charge < -0.3 is 10.1 Å². The zero-order chi connectivity index (χ0) is 24.0. The normalized spacial score (nSPS) is 24.8. The SMILES string of the molecule is CCc1ccc(NC(=O)COC(=O)c2cccc(N3C(=O)[C@@H]4[C@H](C3=O)[C@@H]3C[C@@H]4C=C3C)c2)cc1. The summed E-state index contributed by atoms with van der Waals surface area (Å²) < 4.78 is 5.16. The molecule has 1 aliphatic heterocycles. The number of hydrogen-bond acceptors (Lipinski definition) is 5. The fourth-order valence-electron chi connectivity index (χ4n) is 5.54. The lowest BCUT2D eigenvalue weighted by Gasteiger charge is -2.19. The van der Waals surface area contributed by atoms with Crippen molar-refractivity contribution in [3.63, 3.8) is 0 Å². The molecular formula is C27H26N2O5. The number of imide groups is 1. The highest BCUT2D eigenvalue weighted by molar-refractivity contribution is 6.23. The van der Waals surface area contributed by atoms with E-state index in [-0.39, 0.29) is 41.0 Å². The van der Waals surface area contributed by atoms with E-state index in [9.17, 15) is 19.2 Å². The Morgan fingerprint density at radius 2 is 1.79 bits per heavy atom. The van der Waals surface area contributed by atoms with Gasteiger partial charge in [0.2, 0.25) is 11.8 Å². The van der Waals surface area contributed by atoms with Crippen molar-refractivity contribution in [3.8, 4) is 0 Å². The van der Waals surface area contributed by atoms with Crippen molar-refractivity contribution in [1.29, 1.82) is 0 Å². The predicted molar refractivity (Wildman–Crippen MR) is 126 cm³/mol. The maximum absolute atomic E-state index is 13.2. The van der Waals surface area contributed by atoms with Gasteiger partial charge in [-0.25, -0.2) is 9.69 Å². The van der Waals surface area contributed by atoms with Crippen molar-refractivity contribution in [2.24, 2.45) is 23.7 Å². The van der Waals surface area contributed by atoms with E-state index in [4.69, 9.17) is 4.74 Å². The highest BCUT2D eigenvalue weighted by atomic mass is 16.5. The molecule has 3 amide bonds. The quantitative estimate of drug-likeness (QED) is 0.404. The lowest BCUT2D eigenvalue weighted by atomic mass is 9.82. The van der Waals surface area contributed by atoms with Crippen LogP contribution in [0.1, 0.15) is 36.2 Å². The molecule has 2 aromatic rings. The van der Waals surface area contributed by atoms with Crippen LogP contribution in [0.3, 0.4) is 0 Å². The third kappa shape index (κ3) is 3.71. The second kappa shape index (κ2) is 8.56. The predicted octanol–water partition coefficient (Wildman–Crippen LogP) is 3.75. The van der Waals surface area contributed by atoms with E-state index in [1.54, 1.807) is 24.3 Å². The number of amides is 3. The summed E-state index contributed by atoms with van der Waals surface area (Å²) in [6.07, 6.45) is 3.89. The van der Waals surface area contributed by atoms with E-state index in [0.717, 1.165) is 18.4 Å². The van der Waals surface area contributed by atoms with Gasteiger partial charge in [-0.05, 0) is 67.5 Å². The smallest absolute Gasteiger partial charge is 0.338 e. The largest absolute Gasteiger partial charge is 0.452 e. The summed E-state index contributed by atoms with van der Waals surface area (Å²) in [5, 5.41) is 2.69. The summed E-state index contributed by atoms with van der Waals surface area (Å²) in [6, 6.07) is 13.7. The first-order valence-corrected chi connectivity index (χ1v) is 11.6. The molecule has 0 radical (unpaired) electrons. The monoisotopic (exact) mass is 458 g/mol. The summed E-state index contributed by atoms with van der Waals surface area (Å²) in [5.41, 5.74) is 3.49. The maximum Gasteiger partial charge on any atom is 0.338 e. The Hall–Kier alpha value is -3.74. The first kappa shape index (κ1) is 22.1. The number of nitrogens with one attached hydrogen (secondary N) is 1. The van der Waals surface area contributed by atoms with Gasteiger partial charge in [-0.15, -0.1) is 0 Å². The number of benzene rings is 2. The van der Waals surface area contributed by atoms with Gasteiger partial charge in [-0.1, -0.05) is 36.8 Å². The number of nitrogens with zero attached hydrogens (tertiary/aromatic N) is 1. The van der Waals surface area contributed by atoms with Crippen molar-refractivity contribution in [2.45, 2.75) is 26.7 Å². The van der Waals surface area contributed by atoms with Crippen LogP contribution in [0.4, 0.5) is 11.4 Å². The molecule has 7 heteroatoms. The number of esters is 1. The van der Waals surface area contributed by atoms with Crippen LogP contribution in [0.15, 0.2) is 60.2 Å². The number of rotatable bonds is 6. The van der Waals surface area contributed by atoms with E-state index in [2.05, 4.69) is 11.4 Å². The average Bonchev–Trinajstić information content (AvgIpc) is 3.48. The van der Waals surface area contributed by atoms with Crippen LogP contribution in [0.5, 0.6) is 0 Å². The maximum atomic E-state index is 13.2. The number of carbonyl (C=O) groups excluding carboxylic acids is 4. The van der Waals surface area contributed by atoms with Crippen molar-refractivity contribution in [2.75, 3.05) is 16.8 Å². The molecule has 1 N–H and O–H groups in total. The molecule has 1 saturated heterocycles. The molecule has 0 aromatic heterocycles. The molecule has 2 bridgehead atoms. The molecular weight excluding hydrogens is 432 g/mol. The van der Waals surface area contributed by atoms with Gasteiger partial charge in [0.1, 0.15) is 0 Å². The Morgan fingerprint density at radius 3 is 2.53 bits per heavy atom. The van der Waals surface area contributed by atoms with Gasteiger partial charge in [-0.3, -0.25) is 14.4 Å². The van der Waals surface area contributed by atoms with Crippen molar-refractivity contribution in [3.05, 3.63) is 71.3 Å². The van der Waals surface area contributed by atoms with E-state index in [0.29, 0.717) is 11.4 Å². The summed E-state index contributed by atoms with van der Waals surface area (Å²) in [6.45, 7) is 3.62. The Morgan fingerprint density at radius 1 is 1.06 bits per heavy atom. The van der Waals surface area contributed by atoms with Crippen LogP contribution >= 0.6 is 0 Å². The first-order chi connectivity index (χ1) is 16.4. The minimum Gasteiger partial charge on any atom is -0.452 e. The molecule has 2 aliphatic carbocycles. The van der Waals surface area contributed by atoms with Crippen LogP contribution < -0.4 is 10.2 Å². The Labute approximate surface area is 197 Å². The number of carbonyl (C=O) groups is 4. The Bertz CT molecular complexity index is 1220. The number of aryl methyl sites for hydroxylation is 1. The topological polar surface area (TPSA) is 92.8 Å². The zero-order valence-electron chi connectivity index (χ0n) is 19.1. The molecule has 2 fully saturated rings. The second-order valence-corrected chi connectivity index (χ2v) is 9.21. The van der Waals surface area contributed by atoms with E-state index in [1.165, 1.54) is 22.6 Å². The Balaban J connectivity index is 1.23. The van der Waals surface area contributed by atoms with E-state index < -0.39 is 18.5 Å². The highest BCUT2D eigenvalue weighted by Crippen LogP contribution is 2.55. The standard InChI is InChI=1S/C27H26N2O5/c1-3-16-7-9-19(10-8-16)28-22(30)14-34-27(33)17-5-4-6-20(12-17)29-25(31)23-18-11-15(2)21(13-18)24(23)26(29)32/h4-12,18,21,23-24H,3,13-14H2,1-2H3,(H,28,30)/t18-,21+,23-,24+/m0/s1. The van der Waals surface area contributed by atoms with Crippen LogP contribution in [0.2, 0.25) is 0 Å².